The Labute approximate surface area is 154 Å². The number of nitrogens with zero attached hydrogens (tertiary/aromatic N) is 1. The van der Waals surface area contributed by atoms with Crippen LogP contribution in [-0.2, 0) is 10.0 Å². The standard InChI is InChI=1S/C17H11ClN2O3S2/c1-10-7-15-14(8-13(10)18)24-17(20-25(15,22)23)12(9-19)16(21)11-5-3-2-4-6-11/h2-8,19H,1H3. The highest BCUT2D eigenvalue weighted by Gasteiger charge is 2.31. The zero-order chi connectivity index (χ0) is 18.2. The SMILES string of the molecule is Cc1cc2c(cc1Cl)SC(C(=C=N)C(=O)c1ccccc1)=NS2(=O)=O. The van der Waals surface area contributed by atoms with Crippen molar-refractivity contribution in [3.05, 3.63) is 64.2 Å². The number of halogens is 1. The maximum Gasteiger partial charge on any atom is 0.284 e. The van der Waals surface area contributed by atoms with Gasteiger partial charge in [-0.05, 0) is 30.5 Å². The van der Waals surface area contributed by atoms with Gasteiger partial charge in [-0.1, -0.05) is 53.7 Å². The lowest BCUT2D eigenvalue weighted by molar-refractivity contribution is 0.104. The van der Waals surface area contributed by atoms with Crippen molar-refractivity contribution >= 4 is 50.1 Å². The van der Waals surface area contributed by atoms with E-state index in [1.54, 1.807) is 37.3 Å². The molecule has 0 fully saturated rings. The number of carbonyl (C=O) groups excluding carboxylic acids is 1. The molecule has 1 heterocycles. The maximum absolute atomic E-state index is 12.6. The Bertz CT molecular complexity index is 1070. The highest BCUT2D eigenvalue weighted by Crippen LogP contribution is 2.39. The summed E-state index contributed by atoms with van der Waals surface area (Å²) in [6, 6.07) is 11.2. The Hall–Kier alpha value is -2.18. The topological polar surface area (TPSA) is 87.4 Å². The van der Waals surface area contributed by atoms with Gasteiger partial charge in [-0.15, -0.1) is 0 Å². The Morgan fingerprint density at radius 3 is 2.56 bits per heavy atom. The highest BCUT2D eigenvalue weighted by molar-refractivity contribution is 8.16. The van der Waals surface area contributed by atoms with E-state index in [0.29, 0.717) is 21.0 Å². The van der Waals surface area contributed by atoms with E-state index in [4.69, 9.17) is 17.0 Å². The summed E-state index contributed by atoms with van der Waals surface area (Å²) in [5.74, 6) is 1.52. The van der Waals surface area contributed by atoms with Crippen LogP contribution in [0.15, 0.2) is 62.2 Å². The van der Waals surface area contributed by atoms with Crippen molar-refractivity contribution in [1.29, 1.82) is 5.41 Å². The minimum absolute atomic E-state index is 0.0413. The fourth-order valence-electron chi connectivity index (χ4n) is 2.24. The van der Waals surface area contributed by atoms with Gasteiger partial charge in [-0.3, -0.25) is 10.2 Å². The molecule has 0 aliphatic carbocycles. The first-order valence-electron chi connectivity index (χ1n) is 7.06. The molecule has 0 aromatic heterocycles. The summed E-state index contributed by atoms with van der Waals surface area (Å²) in [6.07, 6.45) is 0. The molecule has 1 aliphatic rings. The second-order valence-electron chi connectivity index (χ2n) is 5.22. The molecule has 1 N–H and O–H groups in total. The summed E-state index contributed by atoms with van der Waals surface area (Å²) in [5.41, 5.74) is 0.735. The first kappa shape index (κ1) is 17.6. The van der Waals surface area contributed by atoms with Crippen LogP contribution in [0.5, 0.6) is 0 Å². The van der Waals surface area contributed by atoms with Crippen molar-refractivity contribution in [1.82, 2.24) is 0 Å². The van der Waals surface area contributed by atoms with Crippen LogP contribution in [0.4, 0.5) is 0 Å². The van der Waals surface area contributed by atoms with Crippen LogP contribution in [0.2, 0.25) is 5.02 Å². The van der Waals surface area contributed by atoms with Crippen LogP contribution < -0.4 is 0 Å². The van der Waals surface area contributed by atoms with E-state index in [9.17, 15) is 13.2 Å². The van der Waals surface area contributed by atoms with Crippen molar-refractivity contribution < 1.29 is 13.2 Å². The lowest BCUT2D eigenvalue weighted by atomic mass is 10.1. The van der Waals surface area contributed by atoms with Gasteiger partial charge in [0.1, 0.15) is 15.5 Å². The molecule has 8 heteroatoms. The molecule has 0 radical (unpaired) electrons. The van der Waals surface area contributed by atoms with E-state index in [-0.39, 0.29) is 15.5 Å². The fraction of sp³-hybridized carbons (Fsp3) is 0.0588. The first-order chi connectivity index (χ1) is 11.8. The predicted molar refractivity (Wildman–Crippen MR) is 98.7 cm³/mol. The van der Waals surface area contributed by atoms with Gasteiger partial charge in [0.05, 0.1) is 0 Å². The second-order valence-corrected chi connectivity index (χ2v) is 8.23. The summed E-state index contributed by atoms with van der Waals surface area (Å²) >= 11 is 7.07. The van der Waals surface area contributed by atoms with Crippen molar-refractivity contribution in [3.63, 3.8) is 0 Å². The molecular weight excluding hydrogens is 380 g/mol. The molecule has 0 saturated heterocycles. The number of ketones is 1. The molecule has 126 valence electrons. The van der Waals surface area contributed by atoms with Crippen LogP contribution in [0.1, 0.15) is 15.9 Å². The number of hydrogen-bond acceptors (Lipinski definition) is 5. The van der Waals surface area contributed by atoms with E-state index in [2.05, 4.69) is 4.40 Å². The molecule has 25 heavy (non-hydrogen) atoms. The maximum atomic E-state index is 12.6. The number of fused-ring (bicyclic) bond motifs is 1. The van der Waals surface area contributed by atoms with Gasteiger partial charge in [0, 0.05) is 15.5 Å². The van der Waals surface area contributed by atoms with Crippen LogP contribution in [0.3, 0.4) is 0 Å². The minimum atomic E-state index is -3.99. The highest BCUT2D eigenvalue weighted by atomic mass is 35.5. The van der Waals surface area contributed by atoms with E-state index in [1.165, 1.54) is 12.1 Å². The molecular formula is C17H11ClN2O3S2. The Morgan fingerprint density at radius 2 is 1.92 bits per heavy atom. The summed E-state index contributed by atoms with van der Waals surface area (Å²) in [5, 5.41) is 7.77. The lowest BCUT2D eigenvalue weighted by Crippen LogP contribution is -2.17. The third-order valence-electron chi connectivity index (χ3n) is 3.51. The molecule has 0 spiro atoms. The molecule has 1 aliphatic heterocycles. The van der Waals surface area contributed by atoms with E-state index in [0.717, 1.165) is 11.8 Å². The van der Waals surface area contributed by atoms with Crippen LogP contribution in [0.25, 0.3) is 0 Å². The molecule has 0 unspecified atom stereocenters. The Kier molecular flexibility index (Phi) is 4.67. The van der Waals surface area contributed by atoms with E-state index >= 15 is 0 Å². The number of benzene rings is 2. The third kappa shape index (κ3) is 3.32. The van der Waals surface area contributed by atoms with Crippen LogP contribution >= 0.6 is 23.4 Å². The normalized spacial score (nSPS) is 14.9. The van der Waals surface area contributed by atoms with Crippen molar-refractivity contribution in [2.45, 2.75) is 16.7 Å². The number of sulfonamides is 1. The molecule has 0 atom stereocenters. The quantitative estimate of drug-likeness (QED) is 0.489. The molecule has 2 aromatic carbocycles. The van der Waals surface area contributed by atoms with Gasteiger partial charge in [0.25, 0.3) is 10.0 Å². The number of hydrogen-bond donors (Lipinski definition) is 1. The fourth-order valence-corrected chi connectivity index (χ4v) is 5.19. The van der Waals surface area contributed by atoms with Gasteiger partial charge in [-0.2, -0.15) is 12.8 Å². The average Bonchev–Trinajstić information content (AvgIpc) is 2.58. The lowest BCUT2D eigenvalue weighted by Gasteiger charge is -2.17. The van der Waals surface area contributed by atoms with Crippen molar-refractivity contribution in [2.24, 2.45) is 4.40 Å². The summed E-state index contributed by atoms with van der Waals surface area (Å²) < 4.78 is 28.7. The molecule has 0 saturated carbocycles. The number of Topliss-reactive ketones (excluding diaryl/α,β-unsaturated/α-hetero) is 1. The zero-order valence-corrected chi connectivity index (χ0v) is 15.3. The molecule has 3 rings (SSSR count). The largest absolute Gasteiger partial charge is 0.288 e. The van der Waals surface area contributed by atoms with E-state index in [1.807, 2.05) is 5.87 Å². The van der Waals surface area contributed by atoms with Crippen molar-refractivity contribution in [3.8, 4) is 0 Å². The first-order valence-corrected chi connectivity index (χ1v) is 9.69. The van der Waals surface area contributed by atoms with Crippen LogP contribution in [-0.4, -0.2) is 25.1 Å². The number of carbonyl (C=O) groups is 1. The molecule has 2 aromatic rings. The Balaban J connectivity index is 2.09. The van der Waals surface area contributed by atoms with Gasteiger partial charge < -0.3 is 0 Å². The predicted octanol–water partition coefficient (Wildman–Crippen LogP) is 3.90. The number of thioether (sulfide) groups is 1. The van der Waals surface area contributed by atoms with Crippen LogP contribution in [0, 0.1) is 12.3 Å². The number of nitrogens with one attached hydrogen (secondary N) is 1. The smallest absolute Gasteiger partial charge is 0.284 e. The third-order valence-corrected chi connectivity index (χ3v) is 6.53. The second kappa shape index (κ2) is 6.61. The molecule has 5 nitrogen and oxygen atoms in total. The molecule has 0 amide bonds. The minimum Gasteiger partial charge on any atom is -0.288 e. The van der Waals surface area contributed by atoms with Crippen molar-refractivity contribution in [2.75, 3.05) is 0 Å². The van der Waals surface area contributed by atoms with Gasteiger partial charge in [-0.25, -0.2) is 0 Å². The number of rotatable bonds is 3. The van der Waals surface area contributed by atoms with Gasteiger partial charge in [0.2, 0.25) is 5.78 Å². The summed E-state index contributed by atoms with van der Waals surface area (Å²) in [7, 11) is -3.99. The average molecular weight is 391 g/mol. The molecule has 0 bridgehead atoms. The van der Waals surface area contributed by atoms with Gasteiger partial charge in [0.15, 0.2) is 0 Å². The Morgan fingerprint density at radius 1 is 1.24 bits per heavy atom. The zero-order valence-electron chi connectivity index (χ0n) is 12.9. The summed E-state index contributed by atoms with van der Waals surface area (Å²) in [4.78, 5) is 13.0. The number of aryl methyl sites for hydroxylation is 1. The summed E-state index contributed by atoms with van der Waals surface area (Å²) in [6.45, 7) is 1.70. The monoisotopic (exact) mass is 390 g/mol. The van der Waals surface area contributed by atoms with Gasteiger partial charge >= 0.3 is 0 Å². The van der Waals surface area contributed by atoms with E-state index < -0.39 is 15.8 Å².